The summed E-state index contributed by atoms with van der Waals surface area (Å²) in [5.41, 5.74) is 0. The summed E-state index contributed by atoms with van der Waals surface area (Å²) in [5.74, 6) is -2.00. The van der Waals surface area contributed by atoms with Crippen molar-refractivity contribution < 1.29 is 56.8 Å². The van der Waals surface area contributed by atoms with Crippen molar-refractivity contribution in [1.29, 1.82) is 0 Å². The van der Waals surface area contributed by atoms with Crippen LogP contribution in [0.2, 0.25) is 0 Å². The molecular formula is C47H86O12S. The van der Waals surface area contributed by atoms with Gasteiger partial charge in [0.15, 0.2) is 12.4 Å². The van der Waals surface area contributed by atoms with Crippen LogP contribution in [0, 0.1) is 0 Å². The van der Waals surface area contributed by atoms with E-state index in [0.29, 0.717) is 12.8 Å². The largest absolute Gasteiger partial charge is 0.462 e. The van der Waals surface area contributed by atoms with Crippen LogP contribution >= 0.6 is 0 Å². The van der Waals surface area contributed by atoms with Gasteiger partial charge in [-0.25, -0.2) is 0 Å². The van der Waals surface area contributed by atoms with E-state index in [1.54, 1.807) is 0 Å². The van der Waals surface area contributed by atoms with Gasteiger partial charge >= 0.3 is 11.9 Å². The van der Waals surface area contributed by atoms with Gasteiger partial charge in [-0.2, -0.15) is 8.42 Å². The SMILES string of the molecule is CCCCCCCC/C=C/CCCCCCCCCCCC(=O)OC[C@H](CO[C@H]1O[C@H](CS(=O)(=O)O)[C@@H](O)C(O)C1O)OC(=O)CCCCC/C=C/CCCCCCCC. The number of carbonyl (C=O) groups excluding carboxylic acids is 2. The van der Waals surface area contributed by atoms with Gasteiger partial charge in [0.1, 0.15) is 36.8 Å². The summed E-state index contributed by atoms with van der Waals surface area (Å²) in [5, 5.41) is 30.9. The van der Waals surface area contributed by atoms with E-state index in [0.717, 1.165) is 44.9 Å². The molecule has 13 heteroatoms. The molecular weight excluding hydrogens is 789 g/mol. The summed E-state index contributed by atoms with van der Waals surface area (Å²) >= 11 is 0. The zero-order chi connectivity index (χ0) is 44.1. The second kappa shape index (κ2) is 37.7. The van der Waals surface area contributed by atoms with Gasteiger partial charge < -0.3 is 34.3 Å². The third kappa shape index (κ3) is 31.9. The van der Waals surface area contributed by atoms with E-state index in [1.807, 2.05) is 0 Å². The first kappa shape index (κ1) is 56.1. The van der Waals surface area contributed by atoms with Crippen LogP contribution in [-0.4, -0.2) is 96.0 Å². The number of hydrogen-bond acceptors (Lipinski definition) is 11. The monoisotopic (exact) mass is 875 g/mol. The van der Waals surface area contributed by atoms with Crippen molar-refractivity contribution in [1.82, 2.24) is 0 Å². The molecule has 0 radical (unpaired) electrons. The van der Waals surface area contributed by atoms with E-state index < -0.39 is 71.2 Å². The molecule has 1 rings (SSSR count). The van der Waals surface area contributed by atoms with Crippen LogP contribution in [0.1, 0.15) is 206 Å². The fourth-order valence-corrected chi connectivity index (χ4v) is 7.95. The minimum Gasteiger partial charge on any atom is -0.462 e. The number of allylic oxidation sites excluding steroid dienone is 4. The normalized spacial score (nSPS) is 20.3. The molecule has 2 unspecified atom stereocenters. The van der Waals surface area contributed by atoms with E-state index in [9.17, 15) is 37.9 Å². The van der Waals surface area contributed by atoms with Crippen molar-refractivity contribution in [2.45, 2.75) is 243 Å². The van der Waals surface area contributed by atoms with Gasteiger partial charge in [-0.3, -0.25) is 14.1 Å². The van der Waals surface area contributed by atoms with E-state index in [2.05, 4.69) is 38.2 Å². The first-order chi connectivity index (χ1) is 29.0. The Morgan fingerprint density at radius 1 is 0.550 bits per heavy atom. The Bertz CT molecular complexity index is 1210. The predicted octanol–water partition coefficient (Wildman–Crippen LogP) is 10.0. The smallest absolute Gasteiger partial charge is 0.306 e. The van der Waals surface area contributed by atoms with Gasteiger partial charge in [0.2, 0.25) is 0 Å². The molecule has 1 saturated heterocycles. The van der Waals surface area contributed by atoms with Crippen molar-refractivity contribution in [2.24, 2.45) is 0 Å². The number of ether oxygens (including phenoxy) is 4. The van der Waals surface area contributed by atoms with Crippen LogP contribution < -0.4 is 0 Å². The summed E-state index contributed by atoms with van der Waals surface area (Å²) in [7, 11) is -4.60. The minimum absolute atomic E-state index is 0.145. The van der Waals surface area contributed by atoms with Gasteiger partial charge in [0, 0.05) is 12.8 Å². The highest BCUT2D eigenvalue weighted by Gasteiger charge is 2.46. The molecule has 0 amide bonds. The lowest BCUT2D eigenvalue weighted by molar-refractivity contribution is -0.297. The van der Waals surface area contributed by atoms with Crippen molar-refractivity contribution >= 4 is 22.1 Å². The number of esters is 2. The first-order valence-corrected chi connectivity index (χ1v) is 25.5. The van der Waals surface area contributed by atoms with Crippen molar-refractivity contribution in [3.05, 3.63) is 24.3 Å². The molecule has 0 aromatic heterocycles. The molecule has 0 aliphatic carbocycles. The van der Waals surface area contributed by atoms with Crippen molar-refractivity contribution in [2.75, 3.05) is 19.0 Å². The van der Waals surface area contributed by atoms with Gasteiger partial charge in [0.25, 0.3) is 10.1 Å². The summed E-state index contributed by atoms with van der Waals surface area (Å²) < 4.78 is 54.1. The van der Waals surface area contributed by atoms with Crippen LogP contribution in [0.3, 0.4) is 0 Å². The number of carbonyl (C=O) groups is 2. The Kier molecular flexibility index (Phi) is 35.2. The molecule has 0 aromatic rings. The van der Waals surface area contributed by atoms with E-state index >= 15 is 0 Å². The Hall–Kier alpha value is -1.87. The first-order valence-electron chi connectivity index (χ1n) is 23.9. The highest BCUT2D eigenvalue weighted by molar-refractivity contribution is 7.85. The average Bonchev–Trinajstić information content (AvgIpc) is 3.21. The zero-order valence-corrected chi connectivity index (χ0v) is 38.4. The third-order valence-corrected chi connectivity index (χ3v) is 11.8. The molecule has 1 heterocycles. The second-order valence-electron chi connectivity index (χ2n) is 16.8. The van der Waals surface area contributed by atoms with Crippen molar-refractivity contribution in [3.8, 4) is 0 Å². The van der Waals surface area contributed by atoms with Crippen LogP contribution in [-0.2, 0) is 38.7 Å². The second-order valence-corrected chi connectivity index (χ2v) is 18.3. The molecule has 352 valence electrons. The highest BCUT2D eigenvalue weighted by Crippen LogP contribution is 2.24. The fourth-order valence-electron chi connectivity index (χ4n) is 7.25. The van der Waals surface area contributed by atoms with Crippen LogP contribution in [0.25, 0.3) is 0 Å². The molecule has 1 aliphatic rings. The fraction of sp³-hybridized carbons (Fsp3) is 0.872. The lowest BCUT2D eigenvalue weighted by atomic mass is 10.00. The van der Waals surface area contributed by atoms with Crippen molar-refractivity contribution in [3.63, 3.8) is 0 Å². The topological polar surface area (TPSA) is 186 Å². The molecule has 0 bridgehead atoms. The third-order valence-electron chi connectivity index (χ3n) is 11.0. The lowest BCUT2D eigenvalue weighted by Crippen LogP contribution is -2.60. The number of unbranched alkanes of at least 4 members (excludes halogenated alkanes) is 24. The average molecular weight is 875 g/mol. The summed E-state index contributed by atoms with van der Waals surface area (Å²) in [4.78, 5) is 25.4. The molecule has 0 aromatic carbocycles. The van der Waals surface area contributed by atoms with Gasteiger partial charge in [-0.1, -0.05) is 154 Å². The molecule has 0 spiro atoms. The Balaban J connectivity index is 2.40. The maximum absolute atomic E-state index is 12.8. The zero-order valence-electron chi connectivity index (χ0n) is 37.6. The predicted molar refractivity (Wildman–Crippen MR) is 238 cm³/mol. The maximum Gasteiger partial charge on any atom is 0.306 e. The summed E-state index contributed by atoms with van der Waals surface area (Å²) in [6.07, 6.45) is 32.2. The summed E-state index contributed by atoms with van der Waals surface area (Å²) in [6.45, 7) is 3.74. The molecule has 1 aliphatic heterocycles. The molecule has 6 atom stereocenters. The van der Waals surface area contributed by atoms with Gasteiger partial charge in [0.05, 0.1) is 6.61 Å². The van der Waals surface area contributed by atoms with E-state index in [-0.39, 0.29) is 19.4 Å². The molecule has 1 fully saturated rings. The lowest BCUT2D eigenvalue weighted by Gasteiger charge is -2.40. The standard InChI is InChI=1S/C47H86O12S/c1-3-5-7-9-11-13-15-17-18-19-20-21-22-24-25-27-29-31-33-35-42(48)56-37-40(38-57-47-46(52)45(51)44(50)41(59-47)39-60(53,54)55)58-43(49)36-34-32-30-28-26-23-16-14-12-10-8-6-4-2/h17-18,23,26,40-41,44-47,50-52H,3-16,19-22,24-25,27-39H2,1-2H3,(H,53,54,55)/b18-17+,26-23+/t40-,41-,44-,45?,46?,47+/m1/s1. The Labute approximate surface area is 364 Å². The highest BCUT2D eigenvalue weighted by atomic mass is 32.2. The summed E-state index contributed by atoms with van der Waals surface area (Å²) in [6, 6.07) is 0. The van der Waals surface area contributed by atoms with Crippen LogP contribution in [0.5, 0.6) is 0 Å². The van der Waals surface area contributed by atoms with Crippen LogP contribution in [0.4, 0.5) is 0 Å². The van der Waals surface area contributed by atoms with Gasteiger partial charge in [-0.05, 0) is 64.2 Å². The molecule has 12 nitrogen and oxygen atoms in total. The molecule has 60 heavy (non-hydrogen) atoms. The maximum atomic E-state index is 12.8. The minimum atomic E-state index is -4.60. The van der Waals surface area contributed by atoms with Crippen LogP contribution in [0.15, 0.2) is 24.3 Å². The number of hydrogen-bond donors (Lipinski definition) is 4. The van der Waals surface area contributed by atoms with E-state index in [4.69, 9.17) is 18.9 Å². The quantitative estimate of drug-likeness (QED) is 0.0198. The van der Waals surface area contributed by atoms with Gasteiger partial charge in [-0.15, -0.1) is 0 Å². The Morgan fingerprint density at radius 3 is 1.40 bits per heavy atom. The number of rotatable bonds is 40. The number of aliphatic hydroxyl groups is 3. The molecule has 0 saturated carbocycles. The number of aliphatic hydroxyl groups excluding tert-OH is 3. The molecule has 4 N–H and O–H groups in total. The Morgan fingerprint density at radius 2 is 0.950 bits per heavy atom. The van der Waals surface area contributed by atoms with E-state index in [1.165, 1.54) is 122 Å².